The molecule has 1 saturated heterocycles. The second-order valence-electron chi connectivity index (χ2n) is 3.39. The van der Waals surface area contributed by atoms with Crippen LogP contribution in [0, 0.1) is 0 Å². The Bertz CT molecular complexity index is 334. The first-order valence-electron chi connectivity index (χ1n) is 4.58. The van der Waals surface area contributed by atoms with Crippen molar-refractivity contribution in [2.24, 2.45) is 7.05 Å². The maximum absolute atomic E-state index is 10.9. The van der Waals surface area contributed by atoms with Gasteiger partial charge in [-0.05, 0) is 0 Å². The second-order valence-corrected chi connectivity index (χ2v) is 3.39. The van der Waals surface area contributed by atoms with Gasteiger partial charge in [0.05, 0.1) is 6.54 Å². The third-order valence-corrected chi connectivity index (χ3v) is 2.33. The highest BCUT2D eigenvalue weighted by atomic mass is 16.1. The molecule has 2 rings (SSSR count). The lowest BCUT2D eigenvalue weighted by molar-refractivity contribution is -0.119. The number of aryl methyl sites for hydroxylation is 1. The van der Waals surface area contributed by atoms with Crippen LogP contribution in [0.2, 0.25) is 0 Å². The van der Waals surface area contributed by atoms with E-state index in [9.17, 15) is 4.79 Å². The molecule has 1 unspecified atom stereocenters. The topological polar surface area (TPSA) is 71.8 Å². The van der Waals surface area contributed by atoms with E-state index in [4.69, 9.17) is 0 Å². The lowest BCUT2D eigenvalue weighted by Crippen LogP contribution is -2.31. The van der Waals surface area contributed by atoms with Crippen molar-refractivity contribution in [2.45, 2.75) is 19.0 Å². The van der Waals surface area contributed by atoms with Crippen molar-refractivity contribution in [3.63, 3.8) is 0 Å². The van der Waals surface area contributed by atoms with Crippen molar-refractivity contribution < 1.29 is 4.79 Å². The van der Waals surface area contributed by atoms with Gasteiger partial charge in [-0.3, -0.25) is 9.48 Å². The number of hydrogen-bond acceptors (Lipinski definition) is 4. The number of aromatic nitrogens is 3. The van der Waals surface area contributed by atoms with Gasteiger partial charge in [-0.15, -0.1) is 0 Å². The van der Waals surface area contributed by atoms with E-state index in [-0.39, 0.29) is 11.9 Å². The quantitative estimate of drug-likeness (QED) is 0.635. The Hall–Kier alpha value is -1.43. The summed E-state index contributed by atoms with van der Waals surface area (Å²) in [6.07, 6.45) is 2.08. The number of rotatable bonds is 3. The highest BCUT2D eigenvalue weighted by Crippen LogP contribution is 2.00. The van der Waals surface area contributed by atoms with Crippen molar-refractivity contribution in [2.75, 3.05) is 6.54 Å². The van der Waals surface area contributed by atoms with Crippen LogP contribution in [-0.4, -0.2) is 33.3 Å². The van der Waals surface area contributed by atoms with Crippen molar-refractivity contribution in [3.05, 3.63) is 12.2 Å². The van der Waals surface area contributed by atoms with E-state index in [1.165, 1.54) is 6.33 Å². The Balaban J connectivity index is 1.83. The third-order valence-electron chi connectivity index (χ3n) is 2.33. The summed E-state index contributed by atoms with van der Waals surface area (Å²) in [7, 11) is 1.85. The SMILES string of the molecule is Cn1ncnc1CNC1CNC(=O)C1. The third kappa shape index (κ3) is 1.90. The molecule has 0 spiro atoms. The number of nitrogens with zero attached hydrogens (tertiary/aromatic N) is 3. The van der Waals surface area contributed by atoms with E-state index in [2.05, 4.69) is 20.7 Å². The zero-order valence-electron chi connectivity index (χ0n) is 8.03. The molecule has 6 nitrogen and oxygen atoms in total. The molecular weight excluding hydrogens is 182 g/mol. The smallest absolute Gasteiger partial charge is 0.221 e. The lowest BCUT2D eigenvalue weighted by Gasteiger charge is -2.08. The maximum Gasteiger partial charge on any atom is 0.221 e. The van der Waals surface area contributed by atoms with Gasteiger partial charge in [0.25, 0.3) is 0 Å². The predicted molar refractivity (Wildman–Crippen MR) is 49.3 cm³/mol. The first-order chi connectivity index (χ1) is 6.75. The van der Waals surface area contributed by atoms with Gasteiger partial charge in [-0.25, -0.2) is 4.98 Å². The molecule has 1 aromatic heterocycles. The molecular formula is C8H13N5O. The first-order valence-corrected chi connectivity index (χ1v) is 4.58. The van der Waals surface area contributed by atoms with Gasteiger partial charge in [0, 0.05) is 26.1 Å². The van der Waals surface area contributed by atoms with Crippen LogP contribution in [-0.2, 0) is 18.4 Å². The van der Waals surface area contributed by atoms with E-state index in [1.807, 2.05) is 7.05 Å². The molecule has 1 aliphatic rings. The minimum atomic E-state index is 0.112. The molecule has 1 amide bonds. The Labute approximate surface area is 81.7 Å². The summed E-state index contributed by atoms with van der Waals surface area (Å²) in [4.78, 5) is 15.0. The standard InChI is InChI=1S/C8H13N5O/c1-13-7(11-5-12-13)4-9-6-2-8(14)10-3-6/h5-6,9H,2-4H2,1H3,(H,10,14). The monoisotopic (exact) mass is 195 g/mol. The van der Waals surface area contributed by atoms with Gasteiger partial charge < -0.3 is 10.6 Å². The maximum atomic E-state index is 10.9. The van der Waals surface area contributed by atoms with Crippen LogP contribution < -0.4 is 10.6 Å². The van der Waals surface area contributed by atoms with Crippen LogP contribution in [0.25, 0.3) is 0 Å². The van der Waals surface area contributed by atoms with Gasteiger partial charge in [-0.1, -0.05) is 0 Å². The zero-order chi connectivity index (χ0) is 9.97. The van der Waals surface area contributed by atoms with E-state index < -0.39 is 0 Å². The summed E-state index contributed by atoms with van der Waals surface area (Å²) in [6.45, 7) is 1.35. The van der Waals surface area contributed by atoms with Crippen molar-refractivity contribution in [1.29, 1.82) is 0 Å². The van der Waals surface area contributed by atoms with Crippen molar-refractivity contribution in [1.82, 2.24) is 25.4 Å². The van der Waals surface area contributed by atoms with E-state index in [0.717, 1.165) is 5.82 Å². The summed E-state index contributed by atoms with van der Waals surface area (Å²) in [6, 6.07) is 0.221. The van der Waals surface area contributed by atoms with Crippen LogP contribution in [0.15, 0.2) is 6.33 Å². The molecule has 2 heterocycles. The average molecular weight is 195 g/mol. The van der Waals surface area contributed by atoms with E-state index in [1.54, 1.807) is 4.68 Å². The fourth-order valence-corrected chi connectivity index (χ4v) is 1.47. The van der Waals surface area contributed by atoms with Gasteiger partial charge >= 0.3 is 0 Å². The molecule has 2 N–H and O–H groups in total. The van der Waals surface area contributed by atoms with Crippen LogP contribution in [0.3, 0.4) is 0 Å². The molecule has 1 aromatic rings. The van der Waals surface area contributed by atoms with E-state index in [0.29, 0.717) is 19.5 Å². The van der Waals surface area contributed by atoms with Gasteiger partial charge in [-0.2, -0.15) is 5.10 Å². The van der Waals surface area contributed by atoms with Crippen molar-refractivity contribution >= 4 is 5.91 Å². The molecule has 14 heavy (non-hydrogen) atoms. The highest BCUT2D eigenvalue weighted by Gasteiger charge is 2.20. The molecule has 0 saturated carbocycles. The van der Waals surface area contributed by atoms with E-state index >= 15 is 0 Å². The summed E-state index contributed by atoms with van der Waals surface area (Å²) < 4.78 is 1.72. The van der Waals surface area contributed by atoms with Gasteiger partial charge in [0.15, 0.2) is 0 Å². The number of hydrogen-bond donors (Lipinski definition) is 2. The Morgan fingerprint density at radius 1 is 1.79 bits per heavy atom. The van der Waals surface area contributed by atoms with Crippen LogP contribution in [0.4, 0.5) is 0 Å². The average Bonchev–Trinajstić information content (AvgIpc) is 2.72. The molecule has 76 valence electrons. The molecule has 1 aliphatic heterocycles. The lowest BCUT2D eigenvalue weighted by atomic mass is 10.2. The largest absolute Gasteiger partial charge is 0.354 e. The number of amides is 1. The van der Waals surface area contributed by atoms with Gasteiger partial charge in [0.1, 0.15) is 12.2 Å². The second kappa shape index (κ2) is 3.75. The normalized spacial score (nSPS) is 21.2. The zero-order valence-corrected chi connectivity index (χ0v) is 8.03. The Kier molecular flexibility index (Phi) is 2.45. The molecule has 6 heteroatoms. The molecule has 0 aliphatic carbocycles. The predicted octanol–water partition coefficient (Wildman–Crippen LogP) is -1.21. The first kappa shape index (κ1) is 9.14. The number of carbonyl (C=O) groups excluding carboxylic acids is 1. The van der Waals surface area contributed by atoms with Gasteiger partial charge in [0.2, 0.25) is 5.91 Å². The molecule has 1 atom stereocenters. The summed E-state index contributed by atoms with van der Waals surface area (Å²) in [5, 5.41) is 9.98. The summed E-state index contributed by atoms with van der Waals surface area (Å²) in [5.74, 6) is 0.991. The van der Waals surface area contributed by atoms with Crippen LogP contribution in [0.5, 0.6) is 0 Å². The minimum absolute atomic E-state index is 0.112. The molecule has 0 radical (unpaired) electrons. The number of nitrogens with one attached hydrogen (secondary N) is 2. The van der Waals surface area contributed by atoms with Crippen LogP contribution >= 0.6 is 0 Å². The fourth-order valence-electron chi connectivity index (χ4n) is 1.47. The van der Waals surface area contributed by atoms with Crippen LogP contribution in [0.1, 0.15) is 12.2 Å². The summed E-state index contributed by atoms with van der Waals surface area (Å²) in [5.41, 5.74) is 0. The highest BCUT2D eigenvalue weighted by molar-refractivity contribution is 5.78. The molecule has 1 fully saturated rings. The fraction of sp³-hybridized carbons (Fsp3) is 0.625. The minimum Gasteiger partial charge on any atom is -0.354 e. The number of carbonyl (C=O) groups is 1. The Morgan fingerprint density at radius 3 is 3.21 bits per heavy atom. The Morgan fingerprint density at radius 2 is 2.64 bits per heavy atom. The van der Waals surface area contributed by atoms with Crippen molar-refractivity contribution in [3.8, 4) is 0 Å². The molecule has 0 aromatic carbocycles. The summed E-state index contributed by atoms with van der Waals surface area (Å²) >= 11 is 0. The molecule has 0 bridgehead atoms.